The number of rotatable bonds is 3. The molecule has 3 rings (SSSR count). The molecule has 0 amide bonds. The summed E-state index contributed by atoms with van der Waals surface area (Å²) in [6, 6.07) is 4.63. The van der Waals surface area contributed by atoms with E-state index in [0.717, 1.165) is 5.82 Å². The van der Waals surface area contributed by atoms with Crippen molar-refractivity contribution in [1.29, 1.82) is 0 Å². The van der Waals surface area contributed by atoms with E-state index in [1.165, 1.54) is 12.1 Å². The number of halogens is 1. The van der Waals surface area contributed by atoms with Gasteiger partial charge < -0.3 is 10.4 Å². The van der Waals surface area contributed by atoms with Gasteiger partial charge in [0, 0.05) is 18.1 Å². The van der Waals surface area contributed by atoms with E-state index in [1.807, 2.05) is 6.92 Å². The van der Waals surface area contributed by atoms with Gasteiger partial charge in [0.05, 0.1) is 10.6 Å². The molecular weight excluding hydrogens is 294 g/mol. The summed E-state index contributed by atoms with van der Waals surface area (Å²) in [5.74, 6) is 0.127. The monoisotopic (exact) mass is 303 g/mol. The molecule has 0 unspecified atom stereocenters. The molecular formula is C13H10ClN5O2. The molecule has 2 heterocycles. The van der Waals surface area contributed by atoms with Crippen molar-refractivity contribution in [3.63, 3.8) is 0 Å². The fraction of sp³-hybridized carbons (Fsp3) is 0.0769. The molecule has 0 fully saturated rings. The number of carbonyl (C=O) groups is 1. The van der Waals surface area contributed by atoms with Gasteiger partial charge in [0.2, 0.25) is 5.65 Å². The number of hydrogen-bond donors (Lipinski definition) is 2. The third kappa shape index (κ3) is 2.38. The zero-order valence-electron chi connectivity index (χ0n) is 10.9. The number of carboxylic acids is 1. The van der Waals surface area contributed by atoms with E-state index in [1.54, 1.807) is 22.9 Å². The van der Waals surface area contributed by atoms with Gasteiger partial charge in [0.15, 0.2) is 5.82 Å². The highest BCUT2D eigenvalue weighted by molar-refractivity contribution is 6.33. The molecule has 21 heavy (non-hydrogen) atoms. The number of anilines is 2. The van der Waals surface area contributed by atoms with E-state index < -0.39 is 5.97 Å². The summed E-state index contributed by atoms with van der Waals surface area (Å²) in [5.41, 5.74) is 1.13. The third-order valence-corrected chi connectivity index (χ3v) is 3.29. The highest BCUT2D eigenvalue weighted by Gasteiger charge is 2.12. The van der Waals surface area contributed by atoms with Gasteiger partial charge in [-0.15, -0.1) is 10.2 Å². The second kappa shape index (κ2) is 5.02. The highest BCUT2D eigenvalue weighted by Crippen LogP contribution is 2.24. The number of aryl methyl sites for hydroxylation is 1. The van der Waals surface area contributed by atoms with Crippen LogP contribution in [0.3, 0.4) is 0 Å². The minimum absolute atomic E-state index is 0.0197. The Morgan fingerprint density at radius 3 is 2.95 bits per heavy atom. The fourth-order valence-electron chi connectivity index (χ4n) is 1.93. The van der Waals surface area contributed by atoms with Gasteiger partial charge in [-0.05, 0) is 25.1 Å². The highest BCUT2D eigenvalue weighted by atomic mass is 35.5. The van der Waals surface area contributed by atoms with Crippen molar-refractivity contribution in [2.45, 2.75) is 6.92 Å². The number of fused-ring (bicyclic) bond motifs is 1. The average Bonchev–Trinajstić information content (AvgIpc) is 2.84. The molecule has 0 saturated heterocycles. The Bertz CT molecular complexity index is 846. The number of nitrogens with one attached hydrogen (secondary N) is 1. The number of aromatic carboxylic acids is 1. The summed E-state index contributed by atoms with van der Waals surface area (Å²) in [6.45, 7) is 1.83. The molecule has 7 nitrogen and oxygen atoms in total. The first-order chi connectivity index (χ1) is 10.1. The molecule has 0 spiro atoms. The summed E-state index contributed by atoms with van der Waals surface area (Å²) in [4.78, 5) is 15.3. The lowest BCUT2D eigenvalue weighted by atomic mass is 10.2. The normalized spacial score (nSPS) is 10.8. The molecule has 106 valence electrons. The van der Waals surface area contributed by atoms with Gasteiger partial charge in [-0.25, -0.2) is 9.78 Å². The first-order valence-electron chi connectivity index (χ1n) is 6.02. The fourth-order valence-corrected chi connectivity index (χ4v) is 2.13. The first kappa shape index (κ1) is 13.3. The molecule has 8 heteroatoms. The van der Waals surface area contributed by atoms with Crippen LogP contribution in [0.1, 0.15) is 16.2 Å². The Morgan fingerprint density at radius 2 is 2.19 bits per heavy atom. The molecule has 0 aliphatic heterocycles. The molecule has 0 bridgehead atoms. The summed E-state index contributed by atoms with van der Waals surface area (Å²) in [7, 11) is 0. The SMILES string of the molecule is Cc1nnc2c(Nc3ccc(Cl)c(C(=O)O)c3)nccn12. The van der Waals surface area contributed by atoms with Crippen molar-refractivity contribution < 1.29 is 9.90 Å². The van der Waals surface area contributed by atoms with E-state index in [-0.39, 0.29) is 10.6 Å². The van der Waals surface area contributed by atoms with Gasteiger partial charge in [0.25, 0.3) is 0 Å². The van der Waals surface area contributed by atoms with E-state index >= 15 is 0 Å². The average molecular weight is 304 g/mol. The zero-order chi connectivity index (χ0) is 15.0. The maximum absolute atomic E-state index is 11.1. The number of carboxylic acid groups (broad SMARTS) is 1. The molecule has 3 aromatic rings. The minimum atomic E-state index is -1.09. The molecule has 0 aliphatic rings. The quantitative estimate of drug-likeness (QED) is 0.772. The summed E-state index contributed by atoms with van der Waals surface area (Å²) < 4.78 is 1.78. The molecule has 0 saturated carbocycles. The van der Waals surface area contributed by atoms with Crippen LogP contribution < -0.4 is 5.32 Å². The molecule has 2 aromatic heterocycles. The predicted octanol–water partition coefficient (Wildman–Crippen LogP) is 2.53. The summed E-state index contributed by atoms with van der Waals surface area (Å²) in [6.07, 6.45) is 3.36. The van der Waals surface area contributed by atoms with Crippen LogP contribution >= 0.6 is 11.6 Å². The number of nitrogens with zero attached hydrogens (tertiary/aromatic N) is 4. The number of hydrogen-bond acceptors (Lipinski definition) is 5. The van der Waals surface area contributed by atoms with Gasteiger partial charge in [-0.2, -0.15) is 0 Å². The second-order valence-electron chi connectivity index (χ2n) is 4.34. The lowest BCUT2D eigenvalue weighted by molar-refractivity contribution is 0.0697. The maximum Gasteiger partial charge on any atom is 0.337 e. The Balaban J connectivity index is 2.03. The van der Waals surface area contributed by atoms with Crippen molar-refractivity contribution in [3.05, 3.63) is 47.0 Å². The Labute approximate surface area is 124 Å². The second-order valence-corrected chi connectivity index (χ2v) is 4.75. The lowest BCUT2D eigenvalue weighted by Gasteiger charge is -2.08. The van der Waals surface area contributed by atoms with Crippen molar-refractivity contribution in [2.75, 3.05) is 5.32 Å². The van der Waals surface area contributed by atoms with Crippen LogP contribution in [-0.4, -0.2) is 30.7 Å². The predicted molar refractivity (Wildman–Crippen MR) is 77.2 cm³/mol. The first-order valence-corrected chi connectivity index (χ1v) is 6.40. The van der Waals surface area contributed by atoms with Crippen LogP contribution in [0.2, 0.25) is 5.02 Å². The Morgan fingerprint density at radius 1 is 1.38 bits per heavy atom. The molecule has 0 radical (unpaired) electrons. The summed E-state index contributed by atoms with van der Waals surface area (Å²) in [5, 5.41) is 20.3. The Hall–Kier alpha value is -2.67. The summed E-state index contributed by atoms with van der Waals surface area (Å²) >= 11 is 5.84. The smallest absolute Gasteiger partial charge is 0.337 e. The topological polar surface area (TPSA) is 92.4 Å². The van der Waals surface area contributed by atoms with Crippen LogP contribution in [0.25, 0.3) is 5.65 Å². The van der Waals surface area contributed by atoms with E-state index in [2.05, 4.69) is 20.5 Å². The van der Waals surface area contributed by atoms with Crippen LogP contribution in [0, 0.1) is 6.92 Å². The number of aromatic nitrogens is 4. The standard InChI is InChI=1S/C13H10ClN5O2/c1-7-17-18-12-11(15-4-5-19(7)12)16-8-2-3-10(14)9(6-8)13(20)21/h2-6H,1H3,(H,15,16)(H,20,21). The molecule has 0 aliphatic carbocycles. The van der Waals surface area contributed by atoms with Crippen molar-refractivity contribution in [3.8, 4) is 0 Å². The van der Waals surface area contributed by atoms with Crippen molar-refractivity contribution in [2.24, 2.45) is 0 Å². The van der Waals surface area contributed by atoms with E-state index in [4.69, 9.17) is 16.7 Å². The zero-order valence-corrected chi connectivity index (χ0v) is 11.7. The van der Waals surface area contributed by atoms with Gasteiger partial charge in [0.1, 0.15) is 5.82 Å². The van der Waals surface area contributed by atoms with Crippen molar-refractivity contribution >= 4 is 34.7 Å². The van der Waals surface area contributed by atoms with Crippen molar-refractivity contribution in [1.82, 2.24) is 19.6 Å². The number of benzene rings is 1. The van der Waals surface area contributed by atoms with E-state index in [0.29, 0.717) is 17.2 Å². The molecule has 0 atom stereocenters. The Kier molecular flexibility index (Phi) is 3.19. The largest absolute Gasteiger partial charge is 0.478 e. The van der Waals surface area contributed by atoms with Gasteiger partial charge in [-0.1, -0.05) is 11.6 Å². The van der Waals surface area contributed by atoms with E-state index in [9.17, 15) is 4.79 Å². The molecule has 2 N–H and O–H groups in total. The van der Waals surface area contributed by atoms with Gasteiger partial charge >= 0.3 is 5.97 Å². The minimum Gasteiger partial charge on any atom is -0.478 e. The lowest BCUT2D eigenvalue weighted by Crippen LogP contribution is -2.01. The third-order valence-electron chi connectivity index (χ3n) is 2.96. The maximum atomic E-state index is 11.1. The van der Waals surface area contributed by atoms with Crippen LogP contribution in [0.15, 0.2) is 30.6 Å². The van der Waals surface area contributed by atoms with Gasteiger partial charge in [-0.3, -0.25) is 4.40 Å². The van der Waals surface area contributed by atoms with Crippen LogP contribution in [0.4, 0.5) is 11.5 Å². The van der Waals surface area contributed by atoms with Crippen LogP contribution in [0.5, 0.6) is 0 Å². The van der Waals surface area contributed by atoms with Crippen LogP contribution in [-0.2, 0) is 0 Å². The molecule has 1 aromatic carbocycles.